The monoisotopic (exact) mass is 323 g/mol. The van der Waals surface area contributed by atoms with Gasteiger partial charge in [0.1, 0.15) is 5.58 Å². The van der Waals surface area contributed by atoms with Gasteiger partial charge in [-0.3, -0.25) is 9.59 Å². The van der Waals surface area contributed by atoms with Gasteiger partial charge >= 0.3 is 29.6 Å². The third-order valence-corrected chi connectivity index (χ3v) is 4.19. The standard InChI is InChI=1S/C16H15NO5.Na/c18-12-4-7-22-13-3-2-10(8-11(12)13)17-14(19)9-16(15(20)21)5-1-6-16;/h2-4,7-8H,1,5-6,9H2,(H,17,19)(H,20,21);/q;+1/p-1. The minimum Gasteiger partial charge on any atom is -0.550 e. The number of carbonyl (C=O) groups excluding carboxylic acids is 2. The Kier molecular flexibility index (Phi) is 5.29. The zero-order chi connectivity index (χ0) is 15.7. The normalized spacial score (nSPS) is 15.3. The number of carbonyl (C=O) groups is 2. The molecule has 1 aliphatic rings. The summed E-state index contributed by atoms with van der Waals surface area (Å²) in [6.07, 6.45) is 2.91. The second kappa shape index (κ2) is 6.86. The molecule has 3 rings (SSSR count). The van der Waals surface area contributed by atoms with E-state index in [1.807, 2.05) is 0 Å². The van der Waals surface area contributed by atoms with Gasteiger partial charge in [0.2, 0.25) is 5.91 Å². The molecule has 1 saturated carbocycles. The van der Waals surface area contributed by atoms with Gasteiger partial charge in [0.25, 0.3) is 0 Å². The summed E-state index contributed by atoms with van der Waals surface area (Å²) in [6.45, 7) is 0. The Morgan fingerprint density at radius 2 is 2.00 bits per heavy atom. The van der Waals surface area contributed by atoms with Crippen molar-refractivity contribution in [2.24, 2.45) is 5.41 Å². The van der Waals surface area contributed by atoms with Crippen molar-refractivity contribution < 1.29 is 48.7 Å². The van der Waals surface area contributed by atoms with Gasteiger partial charge in [-0.05, 0) is 31.0 Å². The smallest absolute Gasteiger partial charge is 0.550 e. The first-order chi connectivity index (χ1) is 10.5. The number of carboxylic acids is 1. The Bertz CT molecular complexity index is 809. The van der Waals surface area contributed by atoms with E-state index in [-0.39, 0.29) is 41.4 Å². The molecule has 1 aliphatic carbocycles. The first-order valence-corrected chi connectivity index (χ1v) is 7.03. The van der Waals surface area contributed by atoms with Crippen LogP contribution < -0.4 is 45.4 Å². The molecule has 0 aliphatic heterocycles. The zero-order valence-corrected chi connectivity index (χ0v) is 14.8. The van der Waals surface area contributed by atoms with Crippen molar-refractivity contribution in [1.29, 1.82) is 0 Å². The van der Waals surface area contributed by atoms with E-state index < -0.39 is 17.3 Å². The van der Waals surface area contributed by atoms with Crippen molar-refractivity contribution >= 4 is 28.5 Å². The van der Waals surface area contributed by atoms with Crippen LogP contribution >= 0.6 is 0 Å². The number of nitrogens with one attached hydrogen (secondary N) is 1. The van der Waals surface area contributed by atoms with Crippen molar-refractivity contribution in [1.82, 2.24) is 0 Å². The summed E-state index contributed by atoms with van der Waals surface area (Å²) in [5.74, 6) is -1.57. The molecule has 2 aromatic rings. The van der Waals surface area contributed by atoms with Crippen LogP contribution in [-0.4, -0.2) is 11.9 Å². The molecule has 6 nitrogen and oxygen atoms in total. The van der Waals surface area contributed by atoms with E-state index >= 15 is 0 Å². The fourth-order valence-electron chi connectivity index (χ4n) is 2.73. The van der Waals surface area contributed by atoms with Crippen LogP contribution in [0.5, 0.6) is 0 Å². The molecule has 0 radical (unpaired) electrons. The molecule has 23 heavy (non-hydrogen) atoms. The predicted octanol–water partition coefficient (Wildman–Crippen LogP) is -1.95. The third-order valence-electron chi connectivity index (χ3n) is 4.19. The Morgan fingerprint density at radius 1 is 1.26 bits per heavy atom. The number of hydrogen-bond acceptors (Lipinski definition) is 5. The van der Waals surface area contributed by atoms with Crippen molar-refractivity contribution in [3.63, 3.8) is 0 Å². The first-order valence-electron chi connectivity index (χ1n) is 7.03. The topological polar surface area (TPSA) is 99.4 Å². The molecule has 1 heterocycles. The third kappa shape index (κ3) is 3.49. The molecule has 1 amide bonds. The van der Waals surface area contributed by atoms with Crippen LogP contribution in [0, 0.1) is 5.41 Å². The average molecular weight is 323 g/mol. The molecule has 0 unspecified atom stereocenters. The second-order valence-electron chi connectivity index (χ2n) is 5.64. The van der Waals surface area contributed by atoms with Crippen LogP contribution in [0.15, 0.2) is 39.7 Å². The maximum Gasteiger partial charge on any atom is 1.00 e. The van der Waals surface area contributed by atoms with Crippen LogP contribution in [0.2, 0.25) is 0 Å². The number of amides is 1. The summed E-state index contributed by atoms with van der Waals surface area (Å²) >= 11 is 0. The molecule has 0 atom stereocenters. The number of hydrogen-bond donors (Lipinski definition) is 1. The fourth-order valence-corrected chi connectivity index (χ4v) is 2.73. The van der Waals surface area contributed by atoms with Gasteiger partial charge in [-0.15, -0.1) is 0 Å². The summed E-state index contributed by atoms with van der Waals surface area (Å²) in [6, 6.07) is 6.01. The van der Waals surface area contributed by atoms with Crippen molar-refractivity contribution in [2.75, 3.05) is 5.32 Å². The summed E-state index contributed by atoms with van der Waals surface area (Å²) in [5, 5.41) is 14.2. The molecule has 0 saturated heterocycles. The summed E-state index contributed by atoms with van der Waals surface area (Å²) < 4.78 is 5.19. The van der Waals surface area contributed by atoms with Gasteiger partial charge in [0, 0.05) is 29.6 Å². The van der Waals surface area contributed by atoms with Crippen LogP contribution in [-0.2, 0) is 9.59 Å². The van der Waals surface area contributed by atoms with Crippen LogP contribution in [0.1, 0.15) is 25.7 Å². The molecular weight excluding hydrogens is 309 g/mol. The zero-order valence-electron chi connectivity index (χ0n) is 12.8. The maximum atomic E-state index is 12.0. The molecule has 1 fully saturated rings. The minimum absolute atomic E-state index is 0. The van der Waals surface area contributed by atoms with Gasteiger partial charge in [-0.2, -0.15) is 0 Å². The molecule has 7 heteroatoms. The second-order valence-corrected chi connectivity index (χ2v) is 5.64. The molecule has 0 bridgehead atoms. The fraction of sp³-hybridized carbons (Fsp3) is 0.312. The van der Waals surface area contributed by atoms with Gasteiger partial charge in [-0.1, -0.05) is 6.42 Å². The maximum absolute atomic E-state index is 12.0. The van der Waals surface area contributed by atoms with Crippen LogP contribution in [0.3, 0.4) is 0 Å². The van der Waals surface area contributed by atoms with Crippen LogP contribution in [0.4, 0.5) is 5.69 Å². The molecule has 114 valence electrons. The minimum atomic E-state index is -1.17. The first kappa shape index (κ1) is 17.7. The predicted molar refractivity (Wildman–Crippen MR) is 77.0 cm³/mol. The number of anilines is 1. The largest absolute Gasteiger partial charge is 1.00 e. The summed E-state index contributed by atoms with van der Waals surface area (Å²) in [5.41, 5.74) is -0.387. The Labute approximate surface area is 154 Å². The van der Waals surface area contributed by atoms with E-state index in [0.29, 0.717) is 29.5 Å². The number of benzene rings is 1. The van der Waals surface area contributed by atoms with E-state index in [0.717, 1.165) is 6.42 Å². The van der Waals surface area contributed by atoms with Gasteiger partial charge < -0.3 is 19.6 Å². The van der Waals surface area contributed by atoms with Gasteiger partial charge in [0.05, 0.1) is 11.6 Å². The van der Waals surface area contributed by atoms with Crippen molar-refractivity contribution in [2.45, 2.75) is 25.7 Å². The summed E-state index contributed by atoms with van der Waals surface area (Å²) in [7, 11) is 0. The summed E-state index contributed by atoms with van der Waals surface area (Å²) in [4.78, 5) is 34.9. The van der Waals surface area contributed by atoms with E-state index in [9.17, 15) is 19.5 Å². The van der Waals surface area contributed by atoms with E-state index in [1.54, 1.807) is 12.1 Å². The quantitative estimate of drug-likeness (QED) is 0.659. The van der Waals surface area contributed by atoms with E-state index in [4.69, 9.17) is 4.42 Å². The SMILES string of the molecule is O=C(CC1(C(=O)[O-])CCC1)Nc1ccc2occc(=O)c2c1.[Na+]. The molecule has 1 aromatic carbocycles. The van der Waals surface area contributed by atoms with Crippen molar-refractivity contribution in [3.8, 4) is 0 Å². The molecule has 1 N–H and O–H groups in total. The van der Waals surface area contributed by atoms with E-state index in [2.05, 4.69) is 5.32 Å². The van der Waals surface area contributed by atoms with Crippen molar-refractivity contribution in [3.05, 3.63) is 40.8 Å². The number of rotatable bonds is 4. The molecular formula is C16H14NNaO5. The van der Waals surface area contributed by atoms with Gasteiger partial charge in [-0.25, -0.2) is 0 Å². The van der Waals surface area contributed by atoms with Crippen LogP contribution in [0.25, 0.3) is 11.0 Å². The Hall–Kier alpha value is -1.63. The Morgan fingerprint density at radius 3 is 2.61 bits per heavy atom. The molecule has 1 aromatic heterocycles. The number of fused-ring (bicyclic) bond motifs is 1. The molecule has 0 spiro atoms. The number of aliphatic carboxylic acids is 1. The number of carboxylic acid groups (broad SMARTS) is 1. The van der Waals surface area contributed by atoms with Gasteiger partial charge in [0.15, 0.2) is 5.43 Å². The van der Waals surface area contributed by atoms with E-state index in [1.165, 1.54) is 18.4 Å². The average Bonchev–Trinajstić information content (AvgIpc) is 2.43. The Balaban J connectivity index is 0.00000192.